The summed E-state index contributed by atoms with van der Waals surface area (Å²) in [5.74, 6) is -0.124. The molecule has 0 unspecified atom stereocenters. The van der Waals surface area contributed by atoms with Gasteiger partial charge in [-0.1, -0.05) is 71.7 Å². The third-order valence-electron chi connectivity index (χ3n) is 5.49. The van der Waals surface area contributed by atoms with E-state index in [2.05, 4.69) is 20.9 Å². The van der Waals surface area contributed by atoms with Crippen LogP contribution in [-0.2, 0) is 13.0 Å². The number of carbonyl (C=O) groups is 1. The van der Waals surface area contributed by atoms with Gasteiger partial charge in [-0.15, -0.1) is 0 Å². The van der Waals surface area contributed by atoms with E-state index in [1.807, 2.05) is 66.7 Å². The fourth-order valence-electron chi connectivity index (χ4n) is 3.72. The van der Waals surface area contributed by atoms with Crippen LogP contribution < -0.4 is 16.0 Å². The Hall–Kier alpha value is -3.45. The van der Waals surface area contributed by atoms with Crippen LogP contribution in [0.5, 0.6) is 0 Å². The lowest BCUT2D eigenvalue weighted by molar-refractivity contribution is 0.0954. The molecule has 5 nitrogen and oxygen atoms in total. The number of thiocarbonyl (C=S) groups is 1. The van der Waals surface area contributed by atoms with E-state index in [1.54, 1.807) is 24.4 Å². The van der Waals surface area contributed by atoms with Crippen molar-refractivity contribution in [3.8, 4) is 11.1 Å². The molecular formula is C28H24Cl2N4OS. The molecule has 0 atom stereocenters. The number of hydrogen-bond acceptors (Lipinski definition) is 3. The molecule has 36 heavy (non-hydrogen) atoms. The first-order chi connectivity index (χ1) is 17.5. The third-order valence-corrected chi connectivity index (χ3v) is 6.47. The molecule has 0 fully saturated rings. The van der Waals surface area contributed by atoms with E-state index < -0.39 is 0 Å². The summed E-state index contributed by atoms with van der Waals surface area (Å²) in [6, 6.07) is 26.5. The summed E-state index contributed by atoms with van der Waals surface area (Å²) in [4.78, 5) is 17.4. The summed E-state index contributed by atoms with van der Waals surface area (Å²) in [6.45, 7) is 0.973. The summed E-state index contributed by atoms with van der Waals surface area (Å²) in [6.07, 6.45) is 2.42. The van der Waals surface area contributed by atoms with Crippen molar-refractivity contribution in [2.24, 2.45) is 0 Å². The number of benzene rings is 3. The van der Waals surface area contributed by atoms with Crippen molar-refractivity contribution in [3.63, 3.8) is 0 Å². The van der Waals surface area contributed by atoms with Crippen molar-refractivity contribution in [3.05, 3.63) is 118 Å². The number of amides is 1. The molecule has 4 rings (SSSR count). The van der Waals surface area contributed by atoms with Crippen LogP contribution in [0.2, 0.25) is 10.0 Å². The Morgan fingerprint density at radius 2 is 1.58 bits per heavy atom. The molecule has 0 aliphatic carbocycles. The van der Waals surface area contributed by atoms with Crippen molar-refractivity contribution in [1.29, 1.82) is 0 Å². The molecule has 0 spiro atoms. The highest BCUT2D eigenvalue weighted by atomic mass is 35.5. The Balaban J connectivity index is 1.44. The number of rotatable bonds is 8. The first-order valence-electron chi connectivity index (χ1n) is 11.4. The van der Waals surface area contributed by atoms with E-state index in [1.165, 1.54) is 0 Å². The average molecular weight is 536 g/mol. The van der Waals surface area contributed by atoms with Gasteiger partial charge in [-0.05, 0) is 65.3 Å². The predicted molar refractivity (Wildman–Crippen MR) is 152 cm³/mol. The maximum atomic E-state index is 13.1. The third kappa shape index (κ3) is 6.82. The number of aromatic nitrogens is 1. The van der Waals surface area contributed by atoms with Gasteiger partial charge >= 0.3 is 0 Å². The number of anilines is 1. The largest absolute Gasteiger partial charge is 0.358 e. The molecule has 0 saturated carbocycles. The summed E-state index contributed by atoms with van der Waals surface area (Å²) in [7, 11) is 0. The molecule has 0 aliphatic rings. The number of nitrogens with one attached hydrogen (secondary N) is 3. The lowest BCUT2D eigenvalue weighted by Gasteiger charge is -2.16. The van der Waals surface area contributed by atoms with Crippen LogP contribution in [0.1, 0.15) is 21.6 Å². The second-order valence-electron chi connectivity index (χ2n) is 7.97. The molecule has 8 heteroatoms. The quantitative estimate of drug-likeness (QED) is 0.225. The molecule has 3 aromatic carbocycles. The first kappa shape index (κ1) is 25.6. The number of nitrogens with zero attached hydrogens (tertiary/aromatic N) is 1. The van der Waals surface area contributed by atoms with Crippen LogP contribution in [0.4, 0.5) is 5.69 Å². The molecule has 0 radical (unpaired) electrons. The van der Waals surface area contributed by atoms with Crippen LogP contribution in [0.3, 0.4) is 0 Å². The average Bonchev–Trinajstić information content (AvgIpc) is 2.90. The van der Waals surface area contributed by atoms with Crippen molar-refractivity contribution >= 4 is 52.1 Å². The first-order valence-corrected chi connectivity index (χ1v) is 12.5. The van der Waals surface area contributed by atoms with Gasteiger partial charge in [-0.2, -0.15) is 0 Å². The Labute approximate surface area is 225 Å². The summed E-state index contributed by atoms with van der Waals surface area (Å²) >= 11 is 17.5. The second-order valence-corrected chi connectivity index (χ2v) is 9.19. The number of hydrogen-bond donors (Lipinski definition) is 3. The zero-order chi connectivity index (χ0) is 25.3. The maximum absolute atomic E-state index is 13.1. The highest BCUT2D eigenvalue weighted by Gasteiger charge is 2.15. The molecule has 0 saturated heterocycles. The lowest BCUT2D eigenvalue weighted by atomic mass is 9.95. The fourth-order valence-corrected chi connectivity index (χ4v) is 4.21. The summed E-state index contributed by atoms with van der Waals surface area (Å²) < 4.78 is 0. The zero-order valence-corrected chi connectivity index (χ0v) is 21.6. The predicted octanol–water partition coefficient (Wildman–Crippen LogP) is 6.51. The van der Waals surface area contributed by atoms with Gasteiger partial charge in [0.25, 0.3) is 5.91 Å². The van der Waals surface area contributed by atoms with Crippen LogP contribution in [0.15, 0.2) is 91.1 Å². The van der Waals surface area contributed by atoms with Crippen molar-refractivity contribution < 1.29 is 4.79 Å². The SMILES string of the molecule is O=C(NCCc1ccccn1)c1ccccc1-c1ccccc1CNC(=S)Nc1ccc(Cl)c(Cl)c1. The van der Waals surface area contributed by atoms with Gasteiger partial charge in [0.15, 0.2) is 5.11 Å². The smallest absolute Gasteiger partial charge is 0.251 e. The van der Waals surface area contributed by atoms with Crippen molar-refractivity contribution in [2.45, 2.75) is 13.0 Å². The lowest BCUT2D eigenvalue weighted by Crippen LogP contribution is -2.28. The van der Waals surface area contributed by atoms with E-state index in [-0.39, 0.29) is 5.91 Å². The van der Waals surface area contributed by atoms with Crippen LogP contribution in [0.25, 0.3) is 11.1 Å². The Morgan fingerprint density at radius 3 is 2.36 bits per heavy atom. The summed E-state index contributed by atoms with van der Waals surface area (Å²) in [5.41, 5.74) is 5.11. The van der Waals surface area contributed by atoms with Gasteiger partial charge in [0.2, 0.25) is 0 Å². The molecule has 4 aromatic rings. The minimum atomic E-state index is -0.124. The van der Waals surface area contributed by atoms with Gasteiger partial charge in [-0.25, -0.2) is 0 Å². The van der Waals surface area contributed by atoms with Crippen LogP contribution in [-0.4, -0.2) is 22.5 Å². The monoisotopic (exact) mass is 534 g/mol. The Bertz CT molecular complexity index is 1360. The van der Waals surface area contributed by atoms with Gasteiger partial charge in [0.05, 0.1) is 10.0 Å². The number of pyridine rings is 1. The van der Waals surface area contributed by atoms with E-state index in [0.717, 1.165) is 28.1 Å². The molecule has 182 valence electrons. The molecule has 1 heterocycles. The standard InChI is InChI=1S/C28H24Cl2N4OS/c29-25-13-12-21(17-26(25)30)34-28(36)33-18-19-7-1-2-9-22(19)23-10-3-4-11-24(23)27(35)32-16-14-20-8-5-6-15-31-20/h1-13,15,17H,14,16,18H2,(H,32,35)(H2,33,34,36). The maximum Gasteiger partial charge on any atom is 0.251 e. The van der Waals surface area contributed by atoms with E-state index in [9.17, 15) is 4.79 Å². The molecular weight excluding hydrogens is 511 g/mol. The normalized spacial score (nSPS) is 10.5. The molecule has 3 N–H and O–H groups in total. The molecule has 1 amide bonds. The number of halogens is 2. The van der Waals surface area contributed by atoms with E-state index >= 15 is 0 Å². The molecule has 1 aromatic heterocycles. The topological polar surface area (TPSA) is 66.0 Å². The highest BCUT2D eigenvalue weighted by Crippen LogP contribution is 2.28. The van der Waals surface area contributed by atoms with Gasteiger partial charge in [-0.3, -0.25) is 9.78 Å². The van der Waals surface area contributed by atoms with Gasteiger partial charge < -0.3 is 16.0 Å². The Kier molecular flexibility index (Phi) is 8.90. The fraction of sp³-hybridized carbons (Fsp3) is 0.107. The van der Waals surface area contributed by atoms with Crippen molar-refractivity contribution in [2.75, 3.05) is 11.9 Å². The second kappa shape index (κ2) is 12.5. The number of carbonyl (C=O) groups excluding carboxylic acids is 1. The zero-order valence-electron chi connectivity index (χ0n) is 19.3. The Morgan fingerprint density at radius 1 is 0.833 bits per heavy atom. The summed E-state index contributed by atoms with van der Waals surface area (Å²) in [5, 5.41) is 10.7. The van der Waals surface area contributed by atoms with Crippen LogP contribution in [0, 0.1) is 0 Å². The molecule has 0 bridgehead atoms. The van der Waals surface area contributed by atoms with Gasteiger partial charge in [0.1, 0.15) is 0 Å². The minimum Gasteiger partial charge on any atom is -0.358 e. The van der Waals surface area contributed by atoms with Crippen molar-refractivity contribution in [1.82, 2.24) is 15.6 Å². The molecule has 0 aliphatic heterocycles. The highest BCUT2D eigenvalue weighted by molar-refractivity contribution is 7.80. The van der Waals surface area contributed by atoms with E-state index in [0.29, 0.717) is 40.2 Å². The van der Waals surface area contributed by atoms with Crippen LogP contribution >= 0.6 is 35.4 Å². The van der Waals surface area contributed by atoms with E-state index in [4.69, 9.17) is 35.4 Å². The van der Waals surface area contributed by atoms with Gasteiger partial charge in [0, 0.05) is 42.7 Å². The minimum absolute atomic E-state index is 0.124.